The zero-order chi connectivity index (χ0) is 17.2. The van der Waals surface area contributed by atoms with Crippen LogP contribution >= 0.6 is 0 Å². The highest BCUT2D eigenvalue weighted by molar-refractivity contribution is 5.43. The largest absolute Gasteiger partial charge is 0.478 e. The molecular formula is C19H22N2O4. The smallest absolute Gasteiger partial charge is 0.144 e. The third kappa shape index (κ3) is 3.48. The van der Waals surface area contributed by atoms with Crippen molar-refractivity contribution < 1.29 is 19.7 Å². The lowest BCUT2D eigenvalue weighted by Crippen LogP contribution is -2.32. The number of benzene rings is 2. The second-order valence-electron chi connectivity index (χ2n) is 6.55. The summed E-state index contributed by atoms with van der Waals surface area (Å²) in [7, 11) is 0. The molecule has 4 rings (SSSR count). The first kappa shape index (κ1) is 16.4. The van der Waals surface area contributed by atoms with Crippen LogP contribution in [0.5, 0.6) is 11.5 Å². The van der Waals surface area contributed by atoms with Crippen LogP contribution in [-0.2, 0) is 19.5 Å². The molecule has 0 unspecified atom stereocenters. The Morgan fingerprint density at radius 1 is 0.760 bits per heavy atom. The summed E-state index contributed by atoms with van der Waals surface area (Å²) >= 11 is 0. The highest BCUT2D eigenvalue weighted by atomic mass is 16.5. The average molecular weight is 342 g/mol. The molecule has 2 N–H and O–H groups in total. The Morgan fingerprint density at radius 3 is 1.68 bits per heavy atom. The van der Waals surface area contributed by atoms with Gasteiger partial charge >= 0.3 is 0 Å². The van der Waals surface area contributed by atoms with E-state index < -0.39 is 0 Å². The first-order valence-electron chi connectivity index (χ1n) is 8.41. The third-order valence-electron chi connectivity index (χ3n) is 4.65. The van der Waals surface area contributed by atoms with Crippen molar-refractivity contribution in [2.75, 3.05) is 26.9 Å². The Hall–Kier alpha value is -2.12. The van der Waals surface area contributed by atoms with Crippen LogP contribution in [0.4, 0.5) is 0 Å². The van der Waals surface area contributed by atoms with E-state index in [1.165, 1.54) is 11.1 Å². The normalized spacial score (nSPS) is 17.4. The van der Waals surface area contributed by atoms with Crippen molar-refractivity contribution in [2.24, 2.45) is 0 Å². The molecule has 0 radical (unpaired) electrons. The Kier molecular flexibility index (Phi) is 4.59. The lowest BCUT2D eigenvalue weighted by Gasteiger charge is -2.28. The SMILES string of the molecule is OCN1COc2ccc(Cc3ccc4c(c3)CN(CO)CO4)cc2C1. The van der Waals surface area contributed by atoms with Gasteiger partial charge in [-0.1, -0.05) is 24.3 Å². The minimum absolute atomic E-state index is 0.00412. The first-order valence-corrected chi connectivity index (χ1v) is 8.41. The molecule has 0 atom stereocenters. The molecule has 132 valence electrons. The van der Waals surface area contributed by atoms with Crippen LogP contribution in [0.1, 0.15) is 22.3 Å². The minimum Gasteiger partial charge on any atom is -0.478 e. The molecular weight excluding hydrogens is 320 g/mol. The first-order chi connectivity index (χ1) is 12.2. The maximum absolute atomic E-state index is 9.29. The van der Waals surface area contributed by atoms with E-state index in [4.69, 9.17) is 9.47 Å². The molecule has 2 heterocycles. The van der Waals surface area contributed by atoms with Crippen molar-refractivity contribution in [1.82, 2.24) is 9.80 Å². The highest BCUT2D eigenvalue weighted by Gasteiger charge is 2.18. The predicted octanol–water partition coefficient (Wildman–Crippen LogP) is 1.48. The van der Waals surface area contributed by atoms with Crippen LogP contribution in [-0.4, -0.2) is 46.9 Å². The van der Waals surface area contributed by atoms with Gasteiger partial charge in [0.15, 0.2) is 0 Å². The summed E-state index contributed by atoms with van der Waals surface area (Å²) in [5.74, 6) is 1.79. The van der Waals surface area contributed by atoms with Gasteiger partial charge in [-0.15, -0.1) is 0 Å². The van der Waals surface area contributed by atoms with Crippen molar-refractivity contribution in [3.63, 3.8) is 0 Å². The quantitative estimate of drug-likeness (QED) is 0.877. The van der Waals surface area contributed by atoms with Gasteiger partial charge in [-0.05, 0) is 29.7 Å². The number of fused-ring (bicyclic) bond motifs is 2. The average Bonchev–Trinajstić information content (AvgIpc) is 2.66. The van der Waals surface area contributed by atoms with E-state index >= 15 is 0 Å². The molecule has 0 saturated heterocycles. The Balaban J connectivity index is 1.53. The van der Waals surface area contributed by atoms with E-state index in [0.29, 0.717) is 26.6 Å². The van der Waals surface area contributed by atoms with Gasteiger partial charge in [-0.25, -0.2) is 9.80 Å². The van der Waals surface area contributed by atoms with Crippen molar-refractivity contribution in [3.05, 3.63) is 58.7 Å². The van der Waals surface area contributed by atoms with Gasteiger partial charge < -0.3 is 19.7 Å². The van der Waals surface area contributed by atoms with Gasteiger partial charge in [0.05, 0.1) is 13.5 Å². The van der Waals surface area contributed by atoms with E-state index in [1.807, 2.05) is 21.9 Å². The van der Waals surface area contributed by atoms with E-state index in [2.05, 4.69) is 24.3 Å². The lowest BCUT2D eigenvalue weighted by atomic mass is 9.99. The summed E-state index contributed by atoms with van der Waals surface area (Å²) in [5.41, 5.74) is 4.62. The van der Waals surface area contributed by atoms with E-state index in [0.717, 1.165) is 29.0 Å². The van der Waals surface area contributed by atoms with E-state index in [9.17, 15) is 10.2 Å². The van der Waals surface area contributed by atoms with Crippen molar-refractivity contribution in [3.8, 4) is 11.5 Å². The molecule has 0 aliphatic carbocycles. The molecule has 0 spiro atoms. The van der Waals surface area contributed by atoms with Crippen LogP contribution in [0.2, 0.25) is 0 Å². The molecule has 6 heteroatoms. The third-order valence-corrected chi connectivity index (χ3v) is 4.65. The summed E-state index contributed by atoms with van der Waals surface area (Å²) in [5, 5.41) is 18.6. The van der Waals surface area contributed by atoms with Crippen LogP contribution < -0.4 is 9.47 Å². The van der Waals surface area contributed by atoms with Crippen LogP contribution in [0, 0.1) is 0 Å². The fourth-order valence-corrected chi connectivity index (χ4v) is 3.33. The summed E-state index contributed by atoms with van der Waals surface area (Å²) in [4.78, 5) is 3.68. The minimum atomic E-state index is -0.00412. The van der Waals surface area contributed by atoms with Gasteiger partial charge in [0.2, 0.25) is 0 Å². The van der Waals surface area contributed by atoms with Crippen molar-refractivity contribution in [1.29, 1.82) is 0 Å². The number of hydrogen-bond donors (Lipinski definition) is 2. The lowest BCUT2D eigenvalue weighted by molar-refractivity contribution is 0.0196. The molecule has 6 nitrogen and oxygen atoms in total. The number of aliphatic hydroxyl groups excluding tert-OH is 2. The maximum Gasteiger partial charge on any atom is 0.144 e. The fourth-order valence-electron chi connectivity index (χ4n) is 3.33. The van der Waals surface area contributed by atoms with Gasteiger partial charge in [-0.3, -0.25) is 0 Å². The second-order valence-corrected chi connectivity index (χ2v) is 6.55. The van der Waals surface area contributed by atoms with Gasteiger partial charge in [-0.2, -0.15) is 0 Å². The molecule has 2 aliphatic heterocycles. The fraction of sp³-hybridized carbons (Fsp3) is 0.368. The molecule has 0 amide bonds. The zero-order valence-electron chi connectivity index (χ0n) is 14.0. The van der Waals surface area contributed by atoms with E-state index in [1.54, 1.807) is 0 Å². The Morgan fingerprint density at radius 2 is 1.24 bits per heavy atom. The molecule has 2 aromatic carbocycles. The number of aliphatic hydroxyl groups is 2. The van der Waals surface area contributed by atoms with Crippen LogP contribution in [0.15, 0.2) is 36.4 Å². The Bertz CT molecular complexity index is 702. The molecule has 25 heavy (non-hydrogen) atoms. The molecule has 2 aromatic rings. The Labute approximate surface area is 146 Å². The zero-order valence-corrected chi connectivity index (χ0v) is 14.0. The monoisotopic (exact) mass is 342 g/mol. The maximum atomic E-state index is 9.29. The summed E-state index contributed by atoms with van der Waals surface area (Å²) in [6, 6.07) is 12.5. The summed E-state index contributed by atoms with van der Waals surface area (Å²) in [6.45, 7) is 2.24. The topological polar surface area (TPSA) is 65.4 Å². The van der Waals surface area contributed by atoms with E-state index in [-0.39, 0.29) is 13.5 Å². The molecule has 0 fully saturated rings. The highest BCUT2D eigenvalue weighted by Crippen LogP contribution is 2.29. The summed E-state index contributed by atoms with van der Waals surface area (Å²) in [6.07, 6.45) is 0.818. The number of rotatable bonds is 4. The van der Waals surface area contributed by atoms with Crippen LogP contribution in [0.3, 0.4) is 0 Å². The number of nitrogens with zero attached hydrogens (tertiary/aromatic N) is 2. The predicted molar refractivity (Wildman–Crippen MR) is 91.9 cm³/mol. The second kappa shape index (κ2) is 7.01. The van der Waals surface area contributed by atoms with Gasteiger partial charge in [0.25, 0.3) is 0 Å². The van der Waals surface area contributed by atoms with Crippen molar-refractivity contribution >= 4 is 0 Å². The summed E-state index contributed by atoms with van der Waals surface area (Å²) < 4.78 is 11.3. The number of ether oxygens (including phenoxy) is 2. The van der Waals surface area contributed by atoms with Gasteiger partial charge in [0.1, 0.15) is 25.0 Å². The molecule has 0 aromatic heterocycles. The van der Waals surface area contributed by atoms with Crippen molar-refractivity contribution in [2.45, 2.75) is 19.5 Å². The molecule has 0 bridgehead atoms. The molecule has 2 aliphatic rings. The standard InChI is InChI=1S/C19H22N2O4/c22-10-20-8-16-6-14(1-3-18(16)24-12-20)5-15-2-4-19-17(7-15)9-21(11-23)13-25-19/h1-4,6-7,22-23H,5,8-13H2. The number of hydrogen-bond acceptors (Lipinski definition) is 6. The van der Waals surface area contributed by atoms with Gasteiger partial charge in [0, 0.05) is 24.2 Å². The van der Waals surface area contributed by atoms with Crippen LogP contribution in [0.25, 0.3) is 0 Å². The molecule has 0 saturated carbocycles.